The van der Waals surface area contributed by atoms with Crippen LogP contribution >= 0.6 is 27.3 Å². The Morgan fingerprint density at radius 2 is 1.79 bits per heavy atom. The summed E-state index contributed by atoms with van der Waals surface area (Å²) in [4.78, 5) is 2.74. The van der Waals surface area contributed by atoms with E-state index in [0.717, 1.165) is 6.54 Å². The zero-order valence-corrected chi connectivity index (χ0v) is 14.3. The lowest BCUT2D eigenvalue weighted by Gasteiger charge is -2.07. The van der Waals surface area contributed by atoms with Gasteiger partial charge < -0.3 is 5.32 Å². The second kappa shape index (κ2) is 6.21. The molecule has 0 aliphatic heterocycles. The van der Waals surface area contributed by atoms with Crippen LogP contribution in [0.2, 0.25) is 0 Å². The number of aryl methyl sites for hydroxylation is 2. The maximum atomic E-state index is 3.63. The maximum Gasteiger partial charge on any atom is 0.0346 e. The molecule has 0 unspecified atom stereocenters. The molecular weight excluding hydrogens is 318 g/mol. The summed E-state index contributed by atoms with van der Waals surface area (Å²) in [7, 11) is 0. The molecule has 0 amide bonds. The predicted octanol–water partition coefficient (Wildman–Crippen LogP) is 5.29. The van der Waals surface area contributed by atoms with Crippen LogP contribution < -0.4 is 5.32 Å². The van der Waals surface area contributed by atoms with E-state index in [9.17, 15) is 0 Å². The van der Waals surface area contributed by atoms with Crippen LogP contribution in [0.4, 0.5) is 0 Å². The van der Waals surface area contributed by atoms with E-state index in [2.05, 4.69) is 73.2 Å². The molecule has 1 heterocycles. The number of hydrogen-bond acceptors (Lipinski definition) is 2. The van der Waals surface area contributed by atoms with E-state index in [0.29, 0.717) is 6.04 Å². The van der Waals surface area contributed by atoms with Crippen molar-refractivity contribution in [1.29, 1.82) is 0 Å². The molecule has 2 aromatic rings. The van der Waals surface area contributed by atoms with Crippen molar-refractivity contribution in [3.63, 3.8) is 0 Å². The van der Waals surface area contributed by atoms with Gasteiger partial charge in [-0.25, -0.2) is 0 Å². The molecule has 1 aromatic heterocycles. The van der Waals surface area contributed by atoms with Crippen molar-refractivity contribution >= 4 is 27.3 Å². The Labute approximate surface area is 128 Å². The zero-order chi connectivity index (χ0) is 14.0. The van der Waals surface area contributed by atoms with Crippen LogP contribution in [0.15, 0.2) is 28.7 Å². The van der Waals surface area contributed by atoms with Crippen LogP contribution in [0.1, 0.15) is 29.9 Å². The Morgan fingerprint density at radius 3 is 2.37 bits per heavy atom. The summed E-state index contributed by atoms with van der Waals surface area (Å²) in [6, 6.07) is 9.49. The molecule has 0 aliphatic rings. The first-order valence-corrected chi connectivity index (χ1v) is 8.17. The van der Waals surface area contributed by atoms with E-state index in [1.165, 1.54) is 30.9 Å². The molecule has 0 aliphatic carbocycles. The van der Waals surface area contributed by atoms with Crippen LogP contribution in [0, 0.1) is 13.8 Å². The Morgan fingerprint density at radius 1 is 1.16 bits per heavy atom. The van der Waals surface area contributed by atoms with Gasteiger partial charge in [-0.3, -0.25) is 0 Å². The molecule has 3 heteroatoms. The number of nitrogens with one attached hydrogen (secondary N) is 1. The highest BCUT2D eigenvalue weighted by Gasteiger charge is 2.07. The summed E-state index contributed by atoms with van der Waals surface area (Å²) in [5.41, 5.74) is 3.91. The van der Waals surface area contributed by atoms with Gasteiger partial charge in [0.15, 0.2) is 0 Å². The molecule has 1 aromatic carbocycles. The molecule has 0 radical (unpaired) electrons. The van der Waals surface area contributed by atoms with E-state index in [-0.39, 0.29) is 0 Å². The van der Waals surface area contributed by atoms with Crippen LogP contribution in [-0.4, -0.2) is 6.04 Å². The highest BCUT2D eigenvalue weighted by molar-refractivity contribution is 9.10. The first kappa shape index (κ1) is 14.8. The highest BCUT2D eigenvalue weighted by atomic mass is 79.9. The van der Waals surface area contributed by atoms with Crippen LogP contribution in [0.5, 0.6) is 0 Å². The number of rotatable bonds is 4. The molecule has 0 atom stereocenters. The average Bonchev–Trinajstić information content (AvgIpc) is 2.81. The monoisotopic (exact) mass is 337 g/mol. The van der Waals surface area contributed by atoms with Crippen LogP contribution in [0.25, 0.3) is 10.4 Å². The molecule has 19 heavy (non-hydrogen) atoms. The summed E-state index contributed by atoms with van der Waals surface area (Å²) < 4.78 is 1.22. The summed E-state index contributed by atoms with van der Waals surface area (Å²) >= 11 is 5.50. The summed E-state index contributed by atoms with van der Waals surface area (Å²) in [6.45, 7) is 9.60. The van der Waals surface area contributed by atoms with Crippen molar-refractivity contribution in [3.05, 3.63) is 44.7 Å². The van der Waals surface area contributed by atoms with E-state index < -0.39 is 0 Å². The lowest BCUT2D eigenvalue weighted by molar-refractivity contribution is 0.593. The molecule has 0 spiro atoms. The number of hydrogen-bond donors (Lipinski definition) is 1. The third-order valence-corrected chi connectivity index (χ3v) is 5.45. The standard InChI is InChI=1S/C16H20BrNS/c1-10(2)18-9-14-5-6-15(19-14)13-7-11(3)16(17)12(4)8-13/h5-8,10,18H,9H2,1-4H3. The topological polar surface area (TPSA) is 12.0 Å². The summed E-state index contributed by atoms with van der Waals surface area (Å²) in [6.07, 6.45) is 0. The minimum absolute atomic E-state index is 0.530. The van der Waals surface area contributed by atoms with Crippen LogP contribution in [-0.2, 0) is 6.54 Å². The molecule has 102 valence electrons. The van der Waals surface area contributed by atoms with Crippen molar-refractivity contribution < 1.29 is 0 Å². The second-order valence-electron chi connectivity index (χ2n) is 5.23. The second-order valence-corrected chi connectivity index (χ2v) is 7.19. The molecule has 1 N–H and O–H groups in total. The Hall–Kier alpha value is -0.640. The lowest BCUT2D eigenvalue weighted by Crippen LogP contribution is -2.21. The zero-order valence-electron chi connectivity index (χ0n) is 11.9. The normalized spacial score (nSPS) is 11.3. The van der Waals surface area contributed by atoms with Gasteiger partial charge in [-0.2, -0.15) is 0 Å². The molecule has 2 rings (SSSR count). The van der Waals surface area contributed by atoms with Crippen molar-refractivity contribution in [2.45, 2.75) is 40.3 Å². The number of halogens is 1. The predicted molar refractivity (Wildman–Crippen MR) is 88.9 cm³/mol. The fourth-order valence-corrected chi connectivity index (χ4v) is 3.20. The van der Waals surface area contributed by atoms with Gasteiger partial charge in [0.1, 0.15) is 0 Å². The quantitative estimate of drug-likeness (QED) is 0.798. The smallest absolute Gasteiger partial charge is 0.0346 e. The number of benzene rings is 1. The maximum absolute atomic E-state index is 3.63. The van der Waals surface area contributed by atoms with Gasteiger partial charge in [-0.15, -0.1) is 11.3 Å². The lowest BCUT2D eigenvalue weighted by atomic mass is 10.1. The Bertz CT molecular complexity index is 549. The third-order valence-electron chi connectivity index (χ3n) is 3.07. The van der Waals surface area contributed by atoms with Gasteiger partial charge in [-0.1, -0.05) is 29.8 Å². The van der Waals surface area contributed by atoms with Crippen molar-refractivity contribution in [2.75, 3.05) is 0 Å². The van der Waals surface area contributed by atoms with Crippen molar-refractivity contribution in [3.8, 4) is 10.4 Å². The fourth-order valence-electron chi connectivity index (χ4n) is 2.02. The van der Waals surface area contributed by atoms with Crippen molar-refractivity contribution in [1.82, 2.24) is 5.32 Å². The average molecular weight is 338 g/mol. The van der Waals surface area contributed by atoms with E-state index in [1.54, 1.807) is 0 Å². The molecule has 0 saturated carbocycles. The van der Waals surface area contributed by atoms with Gasteiger partial charge in [0.25, 0.3) is 0 Å². The SMILES string of the molecule is Cc1cc(-c2ccc(CNC(C)C)s2)cc(C)c1Br. The Kier molecular flexibility index (Phi) is 4.82. The van der Waals surface area contributed by atoms with Gasteiger partial charge in [-0.05, 0) is 54.8 Å². The third kappa shape index (κ3) is 3.68. The van der Waals surface area contributed by atoms with E-state index in [4.69, 9.17) is 0 Å². The fraction of sp³-hybridized carbons (Fsp3) is 0.375. The molecule has 0 bridgehead atoms. The first-order chi connectivity index (χ1) is 8.97. The minimum Gasteiger partial charge on any atom is -0.310 e. The van der Waals surface area contributed by atoms with E-state index in [1.807, 2.05) is 11.3 Å². The molecule has 1 nitrogen and oxygen atoms in total. The van der Waals surface area contributed by atoms with Gasteiger partial charge in [0.2, 0.25) is 0 Å². The molecular formula is C16H20BrNS. The van der Waals surface area contributed by atoms with Crippen molar-refractivity contribution in [2.24, 2.45) is 0 Å². The van der Waals surface area contributed by atoms with Gasteiger partial charge in [0.05, 0.1) is 0 Å². The first-order valence-electron chi connectivity index (χ1n) is 6.56. The minimum atomic E-state index is 0.530. The molecule has 0 saturated heterocycles. The van der Waals surface area contributed by atoms with Gasteiger partial charge in [0, 0.05) is 26.8 Å². The Balaban J connectivity index is 2.23. The summed E-state index contributed by atoms with van der Waals surface area (Å²) in [5.74, 6) is 0. The largest absolute Gasteiger partial charge is 0.310 e. The highest BCUT2D eigenvalue weighted by Crippen LogP contribution is 2.32. The van der Waals surface area contributed by atoms with E-state index >= 15 is 0 Å². The van der Waals surface area contributed by atoms with Crippen LogP contribution in [0.3, 0.4) is 0 Å². The summed E-state index contributed by atoms with van der Waals surface area (Å²) in [5, 5.41) is 3.46. The van der Waals surface area contributed by atoms with Gasteiger partial charge >= 0.3 is 0 Å². The molecule has 0 fully saturated rings. The number of thiophene rings is 1.